The molecule has 2 rings (SSSR count). The minimum Gasteiger partial charge on any atom is -0.468 e. The van der Waals surface area contributed by atoms with Crippen LogP contribution >= 0.6 is 24.0 Å². The third-order valence-corrected chi connectivity index (χ3v) is 4.13. The van der Waals surface area contributed by atoms with E-state index in [1.54, 1.807) is 13.3 Å². The topological polar surface area (TPSA) is 81.9 Å². The van der Waals surface area contributed by atoms with Crippen LogP contribution in [0.4, 0.5) is 0 Å². The minimum absolute atomic E-state index is 0. The van der Waals surface area contributed by atoms with Crippen molar-refractivity contribution in [1.82, 2.24) is 20.9 Å². The Kier molecular flexibility index (Phi) is 10.6. The van der Waals surface area contributed by atoms with Gasteiger partial charge in [0.25, 0.3) is 0 Å². The van der Waals surface area contributed by atoms with Gasteiger partial charge in [-0.2, -0.15) is 0 Å². The van der Waals surface area contributed by atoms with Gasteiger partial charge in [0.05, 0.1) is 18.8 Å². The van der Waals surface area contributed by atoms with E-state index in [4.69, 9.17) is 4.42 Å². The van der Waals surface area contributed by atoms with Crippen LogP contribution in [0.5, 0.6) is 0 Å². The minimum atomic E-state index is -0.0260. The lowest BCUT2D eigenvalue weighted by molar-refractivity contribution is -0.120. The highest BCUT2D eigenvalue weighted by atomic mass is 127. The summed E-state index contributed by atoms with van der Waals surface area (Å²) >= 11 is 0. The Bertz CT molecular complexity index is 515. The van der Waals surface area contributed by atoms with E-state index in [2.05, 4.69) is 25.8 Å². The molecular formula is C17H30IN5O2. The molecule has 1 aliphatic heterocycles. The molecule has 2 heterocycles. The molecule has 1 amide bonds. The fraction of sp³-hybridized carbons (Fsp3) is 0.647. The number of amides is 1. The van der Waals surface area contributed by atoms with E-state index in [9.17, 15) is 4.79 Å². The van der Waals surface area contributed by atoms with Crippen LogP contribution in [0.1, 0.15) is 38.0 Å². The second-order valence-electron chi connectivity index (χ2n) is 5.93. The van der Waals surface area contributed by atoms with Crippen molar-refractivity contribution in [3.8, 4) is 0 Å². The number of nitrogens with one attached hydrogen (secondary N) is 3. The molecule has 0 aromatic carbocycles. The van der Waals surface area contributed by atoms with Crippen LogP contribution in [-0.2, 0) is 4.79 Å². The average Bonchev–Trinajstić information content (AvgIpc) is 3.30. The second kappa shape index (κ2) is 12.1. The van der Waals surface area contributed by atoms with Crippen molar-refractivity contribution in [2.75, 3.05) is 39.8 Å². The normalized spacial score (nSPS) is 16.2. The summed E-state index contributed by atoms with van der Waals surface area (Å²) in [6.45, 7) is 5.79. The van der Waals surface area contributed by atoms with Crippen LogP contribution < -0.4 is 16.0 Å². The van der Waals surface area contributed by atoms with Gasteiger partial charge in [0.2, 0.25) is 5.91 Å². The molecule has 25 heavy (non-hydrogen) atoms. The quantitative estimate of drug-likeness (QED) is 0.311. The number of guanidine groups is 1. The fourth-order valence-electron chi connectivity index (χ4n) is 2.85. The van der Waals surface area contributed by atoms with Gasteiger partial charge >= 0.3 is 0 Å². The van der Waals surface area contributed by atoms with Crippen molar-refractivity contribution in [3.63, 3.8) is 0 Å². The van der Waals surface area contributed by atoms with Crippen LogP contribution in [0.2, 0.25) is 0 Å². The highest BCUT2D eigenvalue weighted by Crippen LogP contribution is 2.24. The number of nitrogens with zero attached hydrogens (tertiary/aromatic N) is 2. The molecular weight excluding hydrogens is 433 g/mol. The zero-order chi connectivity index (χ0) is 17.2. The van der Waals surface area contributed by atoms with Crippen molar-refractivity contribution in [2.24, 2.45) is 4.99 Å². The highest BCUT2D eigenvalue weighted by molar-refractivity contribution is 14.0. The number of halogens is 1. The van der Waals surface area contributed by atoms with Gasteiger partial charge in [-0.05, 0) is 44.5 Å². The first kappa shape index (κ1) is 21.8. The number of furan rings is 1. The first-order valence-electron chi connectivity index (χ1n) is 8.73. The summed E-state index contributed by atoms with van der Waals surface area (Å²) in [5, 5.41) is 9.19. The highest BCUT2D eigenvalue weighted by Gasteiger charge is 2.25. The van der Waals surface area contributed by atoms with E-state index in [0.717, 1.165) is 25.3 Å². The van der Waals surface area contributed by atoms with Gasteiger partial charge < -0.3 is 20.4 Å². The van der Waals surface area contributed by atoms with Gasteiger partial charge in [-0.1, -0.05) is 6.92 Å². The van der Waals surface area contributed by atoms with Gasteiger partial charge in [-0.3, -0.25) is 14.7 Å². The van der Waals surface area contributed by atoms with Crippen LogP contribution in [0.15, 0.2) is 27.8 Å². The molecule has 0 radical (unpaired) electrons. The Morgan fingerprint density at radius 2 is 2.08 bits per heavy atom. The Labute approximate surface area is 167 Å². The first-order valence-corrected chi connectivity index (χ1v) is 8.73. The largest absolute Gasteiger partial charge is 0.468 e. The molecule has 0 saturated carbocycles. The summed E-state index contributed by atoms with van der Waals surface area (Å²) in [6, 6.07) is 4.11. The number of aliphatic imine (C=N–C) groups is 1. The van der Waals surface area contributed by atoms with Crippen LogP contribution in [0.25, 0.3) is 0 Å². The molecule has 1 atom stereocenters. The number of rotatable bonds is 8. The molecule has 1 aromatic rings. The third kappa shape index (κ3) is 7.23. The fourth-order valence-corrected chi connectivity index (χ4v) is 2.85. The molecule has 1 aromatic heterocycles. The number of carbonyl (C=O) groups is 1. The molecule has 8 heteroatoms. The van der Waals surface area contributed by atoms with Crippen LogP contribution in [0, 0.1) is 0 Å². The maximum Gasteiger partial charge on any atom is 0.239 e. The van der Waals surface area contributed by atoms with Crippen molar-refractivity contribution in [3.05, 3.63) is 24.2 Å². The van der Waals surface area contributed by atoms with Crippen LogP contribution in [-0.4, -0.2) is 56.5 Å². The molecule has 0 bridgehead atoms. The zero-order valence-electron chi connectivity index (χ0n) is 15.1. The van der Waals surface area contributed by atoms with Gasteiger partial charge in [0.15, 0.2) is 5.96 Å². The number of likely N-dealkylation sites (tertiary alicyclic amines) is 1. The summed E-state index contributed by atoms with van der Waals surface area (Å²) in [6.07, 6.45) is 5.09. The maximum absolute atomic E-state index is 11.7. The molecule has 7 nitrogen and oxygen atoms in total. The SMILES string of the molecule is CCCNC(=O)CNC(=NC)NCC(c1ccco1)N1CCCC1.I. The van der Waals surface area contributed by atoms with Crippen molar-refractivity contribution in [1.29, 1.82) is 0 Å². The lowest BCUT2D eigenvalue weighted by Gasteiger charge is -2.26. The number of hydrogen-bond donors (Lipinski definition) is 3. The summed E-state index contributed by atoms with van der Waals surface area (Å²) in [5.74, 6) is 1.56. The van der Waals surface area contributed by atoms with Crippen molar-refractivity contribution in [2.45, 2.75) is 32.2 Å². The molecule has 0 spiro atoms. The van der Waals surface area contributed by atoms with Gasteiger partial charge in [0.1, 0.15) is 5.76 Å². The predicted octanol–water partition coefficient (Wildman–Crippen LogP) is 1.73. The number of carbonyl (C=O) groups excluding carboxylic acids is 1. The van der Waals surface area contributed by atoms with E-state index in [0.29, 0.717) is 19.0 Å². The van der Waals surface area contributed by atoms with Gasteiger partial charge in [-0.15, -0.1) is 24.0 Å². The third-order valence-electron chi connectivity index (χ3n) is 4.13. The molecule has 3 N–H and O–H groups in total. The summed E-state index contributed by atoms with van der Waals surface area (Å²) < 4.78 is 5.61. The van der Waals surface area contributed by atoms with E-state index in [-0.39, 0.29) is 42.5 Å². The van der Waals surface area contributed by atoms with Crippen molar-refractivity contribution >= 4 is 35.8 Å². The van der Waals surface area contributed by atoms with Crippen molar-refractivity contribution < 1.29 is 9.21 Å². The predicted molar refractivity (Wildman–Crippen MR) is 110 cm³/mol. The Morgan fingerprint density at radius 1 is 1.32 bits per heavy atom. The zero-order valence-corrected chi connectivity index (χ0v) is 17.4. The van der Waals surface area contributed by atoms with E-state index in [1.165, 1.54) is 12.8 Å². The first-order chi connectivity index (χ1) is 11.7. The van der Waals surface area contributed by atoms with Gasteiger partial charge in [-0.25, -0.2) is 0 Å². The van der Waals surface area contributed by atoms with E-state index in [1.807, 2.05) is 19.1 Å². The maximum atomic E-state index is 11.7. The molecule has 0 aliphatic carbocycles. The van der Waals surface area contributed by atoms with E-state index < -0.39 is 0 Å². The van der Waals surface area contributed by atoms with Gasteiger partial charge in [0, 0.05) is 20.1 Å². The lowest BCUT2D eigenvalue weighted by atomic mass is 10.2. The summed E-state index contributed by atoms with van der Waals surface area (Å²) in [5.41, 5.74) is 0. The smallest absolute Gasteiger partial charge is 0.239 e. The van der Waals surface area contributed by atoms with Crippen LogP contribution in [0.3, 0.4) is 0 Å². The lowest BCUT2D eigenvalue weighted by Crippen LogP contribution is -2.45. The Morgan fingerprint density at radius 3 is 2.68 bits per heavy atom. The molecule has 1 aliphatic rings. The second-order valence-corrected chi connectivity index (χ2v) is 5.93. The van der Waals surface area contributed by atoms with E-state index >= 15 is 0 Å². The standard InChI is InChI=1S/C17H29N5O2.HI/c1-3-8-19-16(23)13-21-17(18-2)20-12-14(15-7-6-11-24-15)22-9-4-5-10-22;/h6-7,11,14H,3-5,8-10,12-13H2,1-2H3,(H,19,23)(H2,18,20,21);1H. The molecule has 1 saturated heterocycles. The summed E-state index contributed by atoms with van der Waals surface area (Å²) in [7, 11) is 1.71. The number of hydrogen-bond acceptors (Lipinski definition) is 4. The monoisotopic (exact) mass is 463 g/mol. The Hall–Kier alpha value is -1.29. The molecule has 142 valence electrons. The molecule has 1 fully saturated rings. The summed E-state index contributed by atoms with van der Waals surface area (Å²) in [4.78, 5) is 18.3. The molecule has 1 unspecified atom stereocenters. The Balaban J connectivity index is 0.00000312. The average molecular weight is 463 g/mol.